The van der Waals surface area contributed by atoms with Crippen molar-refractivity contribution in [1.82, 2.24) is 0 Å². The van der Waals surface area contributed by atoms with Crippen LogP contribution in [0.1, 0.15) is 0 Å². The van der Waals surface area contributed by atoms with Crippen LogP contribution in [0.15, 0.2) is 0 Å². The quantitative estimate of drug-likeness (QED) is 0.220. The largest absolute Gasteiger partial charge is 2.00 e. The summed E-state index contributed by atoms with van der Waals surface area (Å²) >= 11 is 0. The summed E-state index contributed by atoms with van der Waals surface area (Å²) in [4.78, 5) is 8.56. The maximum absolute atomic E-state index is 8.63. The van der Waals surface area contributed by atoms with Crippen LogP contribution < -0.4 is 12.4 Å². The molecule has 0 saturated carbocycles. The molecule has 11 heavy (non-hydrogen) atoms. The molecule has 0 atom stereocenters. The smallest absolute Gasteiger partial charge is 1.00 e. The predicted octanol–water partition coefficient (Wildman–Crippen LogP) is -4.15. The molecule has 0 aromatic rings. The minimum atomic E-state index is -4.92. The Bertz CT molecular complexity index is 161. The van der Waals surface area contributed by atoms with Gasteiger partial charge in [0.25, 0.3) is 0 Å². The fourth-order valence-corrected chi connectivity index (χ4v) is 0. The minimum Gasteiger partial charge on any atom is -1.00 e. The van der Waals surface area contributed by atoms with Gasteiger partial charge >= 0.3 is 43.9 Å². The molecule has 10 heteroatoms. The molecular weight excluding hydrogens is 232 g/mol. The van der Waals surface area contributed by atoms with E-state index >= 15 is 0 Å². The summed E-state index contributed by atoms with van der Waals surface area (Å²) in [6, 6.07) is 0. The third-order valence-corrected chi connectivity index (χ3v) is 0. The van der Waals surface area contributed by atoms with Gasteiger partial charge in [-0.1, -0.05) is 0 Å². The van der Waals surface area contributed by atoms with Gasteiger partial charge in [-0.25, -0.2) is 13.2 Å². The van der Waals surface area contributed by atoms with Gasteiger partial charge in [0.1, 0.15) is 0 Å². The van der Waals surface area contributed by atoms with Crippen LogP contribution in [0.3, 0.4) is 0 Å². The summed E-state index contributed by atoms with van der Waals surface area (Å²) in [5.41, 5.74) is 0. The molecule has 0 spiro atoms. The van der Waals surface area contributed by atoms with Crippen LogP contribution in [-0.4, -0.2) is 71.6 Å². The zero-order valence-corrected chi connectivity index (χ0v) is 8.75. The Morgan fingerprint density at radius 3 is 1.27 bits per heavy atom. The molecule has 0 aromatic heterocycles. The second kappa shape index (κ2) is 10.7. The van der Waals surface area contributed by atoms with Crippen LogP contribution in [0.2, 0.25) is 0 Å². The van der Waals surface area contributed by atoms with Crippen molar-refractivity contribution in [3.05, 3.63) is 0 Å². The second-order valence-corrected chi connectivity index (χ2v) is 1.57. The summed E-state index contributed by atoms with van der Waals surface area (Å²) in [7, 11) is -4.92. The van der Waals surface area contributed by atoms with Gasteiger partial charge in [-0.15, -0.1) is 0 Å². The van der Waals surface area contributed by atoms with E-state index in [4.69, 9.17) is 32.5 Å². The average molecular weight is 235 g/mol. The molecule has 0 heterocycles. The number of rotatable bonds is 0. The normalized spacial score (nSPS) is 7.45. The van der Waals surface area contributed by atoms with Gasteiger partial charge in [0.05, 0.1) is 0 Å². The van der Waals surface area contributed by atoms with Crippen molar-refractivity contribution in [2.24, 2.45) is 0 Å². The number of carbonyl (C=O) groups is 1. The summed E-state index contributed by atoms with van der Waals surface area (Å²) in [5.74, 6) is 0. The van der Waals surface area contributed by atoms with Crippen molar-refractivity contribution < 1.29 is 44.9 Å². The number of hydrogen-bond acceptors (Lipinski definition) is 4. The number of carboxylic acid groups (broad SMARTS) is 2. The molecule has 0 saturated heterocycles. The molecule has 3 N–H and O–H groups in total. The van der Waals surface area contributed by atoms with E-state index in [1.807, 2.05) is 0 Å². The van der Waals surface area contributed by atoms with Gasteiger partial charge in [0.15, 0.2) is 0 Å². The van der Waals surface area contributed by atoms with E-state index in [1.54, 1.807) is 0 Å². The molecule has 0 aliphatic rings. The molecule has 0 aromatic carbocycles. The van der Waals surface area contributed by atoms with E-state index in [0.717, 1.165) is 0 Å². The van der Waals surface area contributed by atoms with Crippen LogP contribution in [0.4, 0.5) is 4.79 Å². The third kappa shape index (κ3) is 1700. The van der Waals surface area contributed by atoms with Crippen LogP contribution in [-0.2, 0) is 10.4 Å². The van der Waals surface area contributed by atoms with Gasteiger partial charge in [-0.05, 0) is 0 Å². The van der Waals surface area contributed by atoms with Crippen molar-refractivity contribution >= 4 is 54.3 Å². The standard InChI is InChI=1S/CH2O3.Ca.ClH.H2O4S/c2-1(3)4;;;1-5(2,3)4/h(H2,2,3,4);;1H;(H2,1,2,3,4)/q;+2;;/p-2. The zero-order chi connectivity index (χ0) is 8.08. The molecular formula is CH3CaClO7S. The molecule has 0 unspecified atom stereocenters. The van der Waals surface area contributed by atoms with E-state index in [9.17, 15) is 0 Å². The van der Waals surface area contributed by atoms with E-state index in [2.05, 4.69) is 0 Å². The SMILES string of the molecule is O=C(O)O.O=S(=O)([O-])O.[Ca+2].[Cl-]. The maximum Gasteiger partial charge on any atom is 2.00 e. The van der Waals surface area contributed by atoms with Gasteiger partial charge in [-0.2, -0.15) is 0 Å². The molecule has 64 valence electrons. The van der Waals surface area contributed by atoms with Crippen LogP contribution >= 0.6 is 0 Å². The van der Waals surface area contributed by atoms with Gasteiger partial charge in [0.2, 0.25) is 10.4 Å². The summed E-state index contributed by atoms with van der Waals surface area (Å²) in [5, 5.41) is 13.9. The third-order valence-electron chi connectivity index (χ3n) is 0. The zero-order valence-electron chi connectivity index (χ0n) is 4.97. The second-order valence-electron chi connectivity index (χ2n) is 0.710. The Kier molecular flexibility index (Phi) is 22.0. The van der Waals surface area contributed by atoms with Gasteiger partial charge < -0.3 is 27.2 Å². The molecule has 0 aliphatic heterocycles. The Morgan fingerprint density at radius 1 is 1.27 bits per heavy atom. The molecule has 0 radical (unpaired) electrons. The molecule has 0 aliphatic carbocycles. The molecule has 0 fully saturated rings. The molecule has 0 amide bonds. The van der Waals surface area contributed by atoms with Crippen molar-refractivity contribution in [3.8, 4) is 0 Å². The summed E-state index contributed by atoms with van der Waals surface area (Å²) in [6.07, 6.45) is -1.83. The number of hydrogen-bond donors (Lipinski definition) is 3. The first kappa shape index (κ1) is 22.6. The van der Waals surface area contributed by atoms with E-state index < -0.39 is 16.6 Å². The minimum absolute atomic E-state index is 0. The van der Waals surface area contributed by atoms with Crippen molar-refractivity contribution in [3.63, 3.8) is 0 Å². The first-order valence-electron chi connectivity index (χ1n) is 1.33. The van der Waals surface area contributed by atoms with Crippen molar-refractivity contribution in [1.29, 1.82) is 0 Å². The maximum atomic E-state index is 8.63. The predicted molar refractivity (Wildman–Crippen MR) is 28.7 cm³/mol. The Morgan fingerprint density at radius 2 is 1.27 bits per heavy atom. The number of halogens is 1. The summed E-state index contributed by atoms with van der Waals surface area (Å²) < 4.78 is 32.8. The van der Waals surface area contributed by atoms with Gasteiger partial charge in [-0.3, -0.25) is 4.55 Å². The molecule has 0 bridgehead atoms. The Labute approximate surface area is 98.4 Å². The topological polar surface area (TPSA) is 135 Å². The van der Waals surface area contributed by atoms with Crippen LogP contribution in [0.5, 0.6) is 0 Å². The Balaban J connectivity index is -0.0000000383. The van der Waals surface area contributed by atoms with Crippen molar-refractivity contribution in [2.75, 3.05) is 0 Å². The van der Waals surface area contributed by atoms with E-state index in [1.165, 1.54) is 0 Å². The van der Waals surface area contributed by atoms with Gasteiger partial charge in [0, 0.05) is 0 Å². The van der Waals surface area contributed by atoms with Crippen LogP contribution in [0.25, 0.3) is 0 Å². The fraction of sp³-hybridized carbons (Fsp3) is 0. The van der Waals surface area contributed by atoms with Crippen molar-refractivity contribution in [2.45, 2.75) is 0 Å². The van der Waals surface area contributed by atoms with E-state index in [0.29, 0.717) is 0 Å². The molecule has 7 nitrogen and oxygen atoms in total. The Hall–Kier alpha value is 0.690. The average Bonchev–Trinajstić information content (AvgIpc) is 1.19. The van der Waals surface area contributed by atoms with E-state index in [-0.39, 0.29) is 50.1 Å². The monoisotopic (exact) mass is 234 g/mol. The first-order valence-corrected chi connectivity index (χ1v) is 2.70. The summed E-state index contributed by atoms with van der Waals surface area (Å²) in [6.45, 7) is 0. The van der Waals surface area contributed by atoms with Crippen LogP contribution in [0, 0.1) is 0 Å². The molecule has 0 rings (SSSR count). The first-order chi connectivity index (χ1) is 3.73. The fourth-order valence-electron chi connectivity index (χ4n) is 0.